The highest BCUT2D eigenvalue weighted by Gasteiger charge is 2.25. The molecule has 0 aliphatic heterocycles. The lowest BCUT2D eigenvalue weighted by atomic mass is 9.96. The van der Waals surface area contributed by atoms with Crippen LogP contribution in [0.1, 0.15) is 26.6 Å². The van der Waals surface area contributed by atoms with Crippen LogP contribution in [0.5, 0.6) is 5.75 Å². The van der Waals surface area contributed by atoms with Crippen molar-refractivity contribution < 1.29 is 9.53 Å². The highest BCUT2D eigenvalue weighted by Crippen LogP contribution is 2.42. The summed E-state index contributed by atoms with van der Waals surface area (Å²) in [6.45, 7) is 1.99. The minimum absolute atomic E-state index is 0.102. The number of fused-ring (bicyclic) bond motifs is 1. The van der Waals surface area contributed by atoms with Crippen LogP contribution >= 0.6 is 38.9 Å². The van der Waals surface area contributed by atoms with Crippen molar-refractivity contribution in [3.63, 3.8) is 0 Å². The van der Waals surface area contributed by atoms with Crippen LogP contribution in [0, 0.1) is 6.92 Å². The zero-order valence-corrected chi connectivity index (χ0v) is 21.7. The second kappa shape index (κ2) is 9.37. The molecule has 0 aliphatic carbocycles. The molecule has 0 unspecified atom stereocenters. The summed E-state index contributed by atoms with van der Waals surface area (Å²) in [5, 5.41) is 4.55. The monoisotopic (exact) mass is 550 g/mol. The number of methoxy groups -OCH3 is 1. The molecule has 7 heteroatoms. The Hall–Kier alpha value is -2.93. The standard InChI is InChI=1S/C27H20BrClN2O2S/c1-16-21(15-24-30-12-13-34-24)26-22(31(16)27(32)17-6-8-20(29)9-7-17)10-11-23(33-2)25(26)18-4-3-5-19(28)14-18/h3-14H,15H2,1-2H3. The van der Waals surface area contributed by atoms with Crippen molar-refractivity contribution in [3.05, 3.63) is 104 Å². The fourth-order valence-electron chi connectivity index (χ4n) is 4.35. The van der Waals surface area contributed by atoms with Crippen molar-refractivity contribution in [1.82, 2.24) is 9.55 Å². The van der Waals surface area contributed by atoms with Crippen LogP contribution in [-0.2, 0) is 6.42 Å². The number of hydrogen-bond acceptors (Lipinski definition) is 4. The minimum Gasteiger partial charge on any atom is -0.496 e. The Morgan fingerprint density at radius 3 is 2.62 bits per heavy atom. The van der Waals surface area contributed by atoms with E-state index in [9.17, 15) is 4.79 Å². The number of rotatable bonds is 5. The molecule has 170 valence electrons. The van der Waals surface area contributed by atoms with Crippen LogP contribution in [0.3, 0.4) is 0 Å². The van der Waals surface area contributed by atoms with Gasteiger partial charge in [-0.2, -0.15) is 0 Å². The maximum absolute atomic E-state index is 13.7. The molecule has 2 heterocycles. The average molecular weight is 552 g/mol. The second-order valence-corrected chi connectivity index (χ2v) is 10.2. The van der Waals surface area contributed by atoms with E-state index in [1.807, 2.05) is 42.8 Å². The molecule has 34 heavy (non-hydrogen) atoms. The van der Waals surface area contributed by atoms with Crippen LogP contribution in [0.2, 0.25) is 5.02 Å². The van der Waals surface area contributed by atoms with Crippen molar-refractivity contribution in [1.29, 1.82) is 0 Å². The van der Waals surface area contributed by atoms with Gasteiger partial charge in [0.15, 0.2) is 0 Å². The van der Waals surface area contributed by atoms with Gasteiger partial charge in [0.2, 0.25) is 0 Å². The van der Waals surface area contributed by atoms with Gasteiger partial charge in [-0.05, 0) is 66.6 Å². The number of carbonyl (C=O) groups is 1. The molecule has 0 saturated carbocycles. The number of nitrogens with zero attached hydrogens (tertiary/aromatic N) is 2. The number of ether oxygens (including phenoxy) is 1. The van der Waals surface area contributed by atoms with Crippen molar-refractivity contribution in [3.8, 4) is 16.9 Å². The van der Waals surface area contributed by atoms with Crippen molar-refractivity contribution in [2.75, 3.05) is 7.11 Å². The van der Waals surface area contributed by atoms with Gasteiger partial charge in [0.05, 0.1) is 17.6 Å². The number of halogens is 2. The Bertz CT molecular complexity index is 1510. The van der Waals surface area contributed by atoms with E-state index < -0.39 is 0 Å². The first-order valence-electron chi connectivity index (χ1n) is 10.6. The third-order valence-electron chi connectivity index (χ3n) is 5.90. The molecule has 0 N–H and O–H groups in total. The predicted molar refractivity (Wildman–Crippen MR) is 142 cm³/mol. The molecule has 2 aromatic heterocycles. The molecule has 0 amide bonds. The Morgan fingerprint density at radius 1 is 1.15 bits per heavy atom. The van der Waals surface area contributed by atoms with E-state index in [1.165, 1.54) is 0 Å². The highest BCUT2D eigenvalue weighted by atomic mass is 79.9. The third kappa shape index (κ3) is 4.06. The molecule has 4 nitrogen and oxygen atoms in total. The lowest BCUT2D eigenvalue weighted by molar-refractivity contribution is 0.0963. The molecule has 0 bridgehead atoms. The molecule has 0 fully saturated rings. The van der Waals surface area contributed by atoms with E-state index in [4.69, 9.17) is 16.3 Å². The Morgan fingerprint density at radius 2 is 1.94 bits per heavy atom. The fourth-order valence-corrected chi connectivity index (χ4v) is 5.51. The molecule has 3 aromatic carbocycles. The molecule has 5 rings (SSSR count). The summed E-state index contributed by atoms with van der Waals surface area (Å²) in [4.78, 5) is 18.2. The molecule has 0 spiro atoms. The Kier molecular flexibility index (Phi) is 6.30. The van der Waals surface area contributed by atoms with Crippen LogP contribution in [0.15, 0.2) is 76.7 Å². The van der Waals surface area contributed by atoms with Gasteiger partial charge in [0.1, 0.15) is 5.75 Å². The molecule has 0 atom stereocenters. The molecule has 0 radical (unpaired) electrons. The molecular formula is C27H20BrClN2O2S. The highest BCUT2D eigenvalue weighted by molar-refractivity contribution is 9.10. The second-order valence-electron chi connectivity index (χ2n) is 7.86. The first-order chi connectivity index (χ1) is 16.5. The minimum atomic E-state index is -0.102. The van der Waals surface area contributed by atoms with E-state index in [2.05, 4.69) is 33.0 Å². The van der Waals surface area contributed by atoms with Gasteiger partial charge >= 0.3 is 0 Å². The lowest BCUT2D eigenvalue weighted by Gasteiger charge is -2.13. The van der Waals surface area contributed by atoms with Crippen LogP contribution in [0.25, 0.3) is 22.0 Å². The summed E-state index contributed by atoms with van der Waals surface area (Å²) in [5.74, 6) is 0.650. The third-order valence-corrected chi connectivity index (χ3v) is 7.42. The van der Waals surface area contributed by atoms with E-state index >= 15 is 0 Å². The maximum atomic E-state index is 13.7. The van der Waals surface area contributed by atoms with Crippen LogP contribution in [0.4, 0.5) is 0 Å². The number of aromatic nitrogens is 2. The zero-order valence-electron chi connectivity index (χ0n) is 18.5. The largest absolute Gasteiger partial charge is 0.496 e. The summed E-state index contributed by atoms with van der Waals surface area (Å²) in [6.07, 6.45) is 2.43. The summed E-state index contributed by atoms with van der Waals surface area (Å²) in [5.41, 5.74) is 5.31. The van der Waals surface area contributed by atoms with Gasteiger partial charge in [0.25, 0.3) is 5.91 Å². The molecule has 5 aromatic rings. The van der Waals surface area contributed by atoms with Gasteiger partial charge < -0.3 is 4.74 Å². The van der Waals surface area contributed by atoms with Crippen molar-refractivity contribution >= 4 is 55.7 Å². The van der Waals surface area contributed by atoms with Gasteiger partial charge in [-0.3, -0.25) is 9.36 Å². The molecular weight excluding hydrogens is 532 g/mol. The van der Waals surface area contributed by atoms with Crippen LogP contribution < -0.4 is 4.74 Å². The van der Waals surface area contributed by atoms with Crippen molar-refractivity contribution in [2.45, 2.75) is 13.3 Å². The number of thiazole rings is 1. The summed E-state index contributed by atoms with van der Waals surface area (Å²) in [7, 11) is 1.67. The fraction of sp³-hybridized carbons (Fsp3) is 0.111. The predicted octanol–water partition coefficient (Wildman–Crippen LogP) is 7.78. The Labute approximate surface area is 214 Å². The molecule has 0 saturated heterocycles. The number of carbonyl (C=O) groups excluding carboxylic acids is 1. The van der Waals surface area contributed by atoms with E-state index in [0.29, 0.717) is 17.0 Å². The number of benzene rings is 3. The van der Waals surface area contributed by atoms with Gasteiger partial charge in [-0.1, -0.05) is 39.7 Å². The van der Waals surface area contributed by atoms with Crippen molar-refractivity contribution in [2.24, 2.45) is 0 Å². The summed E-state index contributed by atoms with van der Waals surface area (Å²) < 4.78 is 8.57. The van der Waals surface area contributed by atoms with Gasteiger partial charge in [-0.15, -0.1) is 11.3 Å². The smallest absolute Gasteiger partial charge is 0.262 e. The number of hydrogen-bond donors (Lipinski definition) is 0. The van der Waals surface area contributed by atoms with E-state index in [-0.39, 0.29) is 5.91 Å². The zero-order chi connectivity index (χ0) is 23.8. The van der Waals surface area contributed by atoms with E-state index in [0.717, 1.165) is 48.5 Å². The average Bonchev–Trinajstić information content (AvgIpc) is 3.45. The Balaban J connectivity index is 1.84. The summed E-state index contributed by atoms with van der Waals surface area (Å²) >= 11 is 11.3. The van der Waals surface area contributed by atoms with Gasteiger partial charge in [0, 0.05) is 49.7 Å². The topological polar surface area (TPSA) is 44.1 Å². The lowest BCUT2D eigenvalue weighted by Crippen LogP contribution is -2.13. The molecule has 0 aliphatic rings. The summed E-state index contributed by atoms with van der Waals surface area (Å²) in [6, 6.07) is 19.0. The maximum Gasteiger partial charge on any atom is 0.262 e. The van der Waals surface area contributed by atoms with E-state index in [1.54, 1.807) is 47.3 Å². The van der Waals surface area contributed by atoms with Gasteiger partial charge in [-0.25, -0.2) is 4.98 Å². The normalized spacial score (nSPS) is 11.2. The first kappa shape index (κ1) is 22.8. The van der Waals surface area contributed by atoms with Crippen LogP contribution in [-0.4, -0.2) is 22.6 Å². The first-order valence-corrected chi connectivity index (χ1v) is 12.7. The quantitative estimate of drug-likeness (QED) is 0.224. The SMILES string of the molecule is COc1ccc2c(c(Cc3nccs3)c(C)n2C(=O)c2ccc(Cl)cc2)c1-c1cccc(Br)c1.